The number of fused-ring (bicyclic) bond motifs is 2. The second kappa shape index (κ2) is 13.1. The summed E-state index contributed by atoms with van der Waals surface area (Å²) in [7, 11) is 0. The zero-order valence-corrected chi connectivity index (χ0v) is 24.6. The van der Waals surface area contributed by atoms with Crippen molar-refractivity contribution < 1.29 is 19.0 Å². The van der Waals surface area contributed by atoms with Crippen molar-refractivity contribution in [3.8, 4) is 32.6 Å². The molecule has 6 aromatic rings. The fourth-order valence-corrected chi connectivity index (χ4v) is 6.06. The predicted octanol–water partition coefficient (Wildman–Crippen LogP) is 8.88. The highest BCUT2D eigenvalue weighted by Gasteiger charge is 2.09. The smallest absolute Gasteiger partial charge is 0.124 e. The summed E-state index contributed by atoms with van der Waals surface area (Å²) in [6.45, 7) is 3.66. The summed E-state index contributed by atoms with van der Waals surface area (Å²) < 4.78 is 27.5. The van der Waals surface area contributed by atoms with Crippen LogP contribution in [-0.2, 0) is 0 Å². The van der Waals surface area contributed by atoms with Crippen molar-refractivity contribution in [2.45, 2.75) is 26.2 Å². The van der Waals surface area contributed by atoms with Gasteiger partial charge in [-0.2, -0.15) is 0 Å². The molecule has 2 heterocycles. The Kier molecular flexibility index (Phi) is 9.14. The third-order valence-corrected chi connectivity index (χ3v) is 8.32. The van der Waals surface area contributed by atoms with Gasteiger partial charge in [0.05, 0.1) is 20.4 Å². The van der Waals surface area contributed by atoms with Crippen LogP contribution in [0, 0.1) is 0 Å². The average Bonchev–Trinajstić information content (AvgIpc) is 3.59. The molecular weight excluding hydrogens is 574 g/mol. The largest absolute Gasteiger partial charge is 0.508 e. The molecule has 0 saturated heterocycles. The number of halogens is 2. The molecule has 0 amide bonds. The molecule has 2 unspecified atom stereocenters. The summed E-state index contributed by atoms with van der Waals surface area (Å²) in [6, 6.07) is 25.8. The van der Waals surface area contributed by atoms with Crippen LogP contribution in [0.4, 0.5) is 20.2 Å². The van der Waals surface area contributed by atoms with Crippen LogP contribution in [0.25, 0.3) is 41.6 Å². The van der Waals surface area contributed by atoms with Crippen LogP contribution in [0.3, 0.4) is 0 Å². The second-order valence-corrected chi connectivity index (χ2v) is 11.9. The van der Waals surface area contributed by atoms with Gasteiger partial charge in [0.2, 0.25) is 0 Å². The van der Waals surface area contributed by atoms with Gasteiger partial charge < -0.3 is 20.8 Å². The highest BCUT2D eigenvalue weighted by Crippen LogP contribution is 2.33. The van der Waals surface area contributed by atoms with Crippen molar-refractivity contribution in [1.82, 2.24) is 9.97 Å². The van der Waals surface area contributed by atoms with Gasteiger partial charge in [-0.3, -0.25) is 0 Å². The summed E-state index contributed by atoms with van der Waals surface area (Å²) in [4.78, 5) is 9.11. The first-order valence-corrected chi connectivity index (χ1v) is 15.0. The molecule has 4 aromatic carbocycles. The van der Waals surface area contributed by atoms with Crippen molar-refractivity contribution in [3.63, 3.8) is 0 Å². The Hall–Kier alpha value is -4.28. The van der Waals surface area contributed by atoms with Crippen molar-refractivity contribution in [2.24, 2.45) is 0 Å². The lowest BCUT2D eigenvalue weighted by Gasteiger charge is -2.07. The number of phenols is 2. The molecule has 10 heteroatoms. The second-order valence-electron chi connectivity index (χ2n) is 9.82. The number of rotatable bonds is 8. The Morgan fingerprint density at radius 3 is 1.36 bits per heavy atom. The molecule has 0 aliphatic rings. The minimum atomic E-state index is -0.874. The van der Waals surface area contributed by atoms with E-state index in [2.05, 4.69) is 20.6 Å². The highest BCUT2D eigenvalue weighted by molar-refractivity contribution is 7.22. The number of anilines is 2. The topological polar surface area (TPSA) is 90.3 Å². The van der Waals surface area contributed by atoms with Gasteiger partial charge in [-0.1, -0.05) is 0 Å². The molecule has 0 radical (unpaired) electrons. The average molecular weight is 604 g/mol. The standard InChI is InChI=1S/2C16H15FN2OS/c2*1-10(17)9-18-12-4-2-11(3-5-12)16-19-14-7-6-13(20)8-15(14)21-16/h2*2-8,10,18,20H,9H2,1H3/i17-1;. The first-order valence-electron chi connectivity index (χ1n) is 13.4. The van der Waals surface area contributed by atoms with Crippen molar-refractivity contribution in [3.05, 3.63) is 84.9 Å². The van der Waals surface area contributed by atoms with E-state index in [0.717, 1.165) is 53.0 Å². The van der Waals surface area contributed by atoms with E-state index in [1.54, 1.807) is 24.3 Å². The number of hydrogen-bond donors (Lipinski definition) is 4. The third kappa shape index (κ3) is 7.51. The van der Waals surface area contributed by atoms with E-state index in [1.165, 1.54) is 36.5 Å². The molecule has 0 aliphatic carbocycles. The number of phenolic OH excluding ortho intramolecular Hbond substituents is 2. The Morgan fingerprint density at radius 1 is 0.619 bits per heavy atom. The minimum absolute atomic E-state index is 0.248. The van der Waals surface area contributed by atoms with Gasteiger partial charge in [0, 0.05) is 35.6 Å². The van der Waals surface area contributed by atoms with Crippen LogP contribution in [0.5, 0.6) is 11.5 Å². The lowest BCUT2D eigenvalue weighted by atomic mass is 10.2. The zero-order valence-electron chi connectivity index (χ0n) is 23.0. The van der Waals surface area contributed by atoms with Gasteiger partial charge in [0.15, 0.2) is 0 Å². The van der Waals surface area contributed by atoms with E-state index < -0.39 is 12.3 Å². The predicted molar refractivity (Wildman–Crippen MR) is 172 cm³/mol. The third-order valence-electron chi connectivity index (χ3n) is 6.18. The number of aromatic nitrogens is 2. The summed E-state index contributed by atoms with van der Waals surface area (Å²) >= 11 is 3.07. The van der Waals surface area contributed by atoms with Gasteiger partial charge in [-0.15, -0.1) is 22.7 Å². The number of nitrogens with zero attached hydrogens (tertiary/aromatic N) is 2. The first-order chi connectivity index (χ1) is 20.2. The van der Waals surface area contributed by atoms with Crippen LogP contribution < -0.4 is 10.6 Å². The number of benzene rings is 4. The molecule has 6 rings (SSSR count). The Labute approximate surface area is 250 Å². The molecule has 0 fully saturated rings. The van der Waals surface area contributed by atoms with E-state index >= 15 is 0 Å². The Morgan fingerprint density at radius 2 is 1.00 bits per heavy atom. The highest BCUT2D eigenvalue weighted by atomic mass is 32.1. The molecule has 0 saturated carbocycles. The quantitative estimate of drug-likeness (QED) is 0.139. The van der Waals surface area contributed by atoms with E-state index in [1.807, 2.05) is 60.7 Å². The van der Waals surface area contributed by atoms with Gasteiger partial charge >= 0.3 is 0 Å². The van der Waals surface area contributed by atoms with Gasteiger partial charge in [0.25, 0.3) is 0 Å². The van der Waals surface area contributed by atoms with Gasteiger partial charge in [-0.25, -0.2) is 18.7 Å². The van der Waals surface area contributed by atoms with Crippen LogP contribution in [0.2, 0.25) is 0 Å². The fraction of sp³-hybridized carbons (Fsp3) is 0.188. The van der Waals surface area contributed by atoms with Crippen molar-refractivity contribution >= 4 is 54.5 Å². The lowest BCUT2D eigenvalue weighted by Crippen LogP contribution is -2.10. The van der Waals surface area contributed by atoms with E-state index in [-0.39, 0.29) is 11.5 Å². The number of alkyl halides is 2. The Bertz CT molecular complexity index is 1640. The number of aromatic hydroxyl groups is 2. The minimum Gasteiger partial charge on any atom is -0.508 e. The van der Waals surface area contributed by atoms with Crippen molar-refractivity contribution in [1.29, 1.82) is 0 Å². The lowest BCUT2D eigenvalue weighted by molar-refractivity contribution is 0.378. The molecular formula is C32H30F2N4O2S2. The molecule has 6 nitrogen and oxygen atoms in total. The van der Waals surface area contributed by atoms with Crippen LogP contribution in [-0.4, -0.2) is 45.6 Å². The normalized spacial score (nSPS) is 12.5. The fourth-order valence-electron chi connectivity index (χ4n) is 4.05. The van der Waals surface area contributed by atoms with Gasteiger partial charge in [-0.05, 0) is 98.8 Å². The molecule has 0 aliphatic heterocycles. The Balaban J connectivity index is 0.000000168. The summed E-state index contributed by atoms with van der Waals surface area (Å²) in [5, 5.41) is 26.9. The number of hydrogen-bond acceptors (Lipinski definition) is 8. The first kappa shape index (κ1) is 29.2. The maximum Gasteiger partial charge on any atom is 0.124 e. The van der Waals surface area contributed by atoms with E-state index in [4.69, 9.17) is 0 Å². The summed E-state index contributed by atoms with van der Waals surface area (Å²) in [5.74, 6) is 0.496. The molecule has 4 N–H and O–H groups in total. The molecule has 2 atom stereocenters. The van der Waals surface area contributed by atoms with Crippen LogP contribution >= 0.6 is 22.7 Å². The number of thiazole rings is 2. The molecule has 2 aromatic heterocycles. The SMILES string of the molecule is CC(F)CNc1ccc(-c2nc3ccc(O)cc3s2)cc1.CC([18F])CNc1ccc(-c2nc3ccc(O)cc3s2)cc1. The monoisotopic (exact) mass is 603 g/mol. The zero-order chi connectivity index (χ0) is 29.6. The van der Waals surface area contributed by atoms with Crippen LogP contribution in [0.15, 0.2) is 84.9 Å². The molecule has 0 bridgehead atoms. The maximum absolute atomic E-state index is 12.8. The molecule has 42 heavy (non-hydrogen) atoms. The molecule has 0 spiro atoms. The summed E-state index contributed by atoms with van der Waals surface area (Å²) in [5.41, 5.74) is 5.55. The van der Waals surface area contributed by atoms with Crippen molar-refractivity contribution in [2.75, 3.05) is 23.7 Å². The van der Waals surface area contributed by atoms with E-state index in [0.29, 0.717) is 13.1 Å². The summed E-state index contributed by atoms with van der Waals surface area (Å²) in [6.07, 6.45) is -1.75. The van der Waals surface area contributed by atoms with E-state index in [9.17, 15) is 19.0 Å². The number of nitrogens with one attached hydrogen (secondary N) is 2. The van der Waals surface area contributed by atoms with Gasteiger partial charge in [0.1, 0.15) is 33.9 Å². The maximum atomic E-state index is 12.8. The molecule has 216 valence electrons. The van der Waals surface area contributed by atoms with Crippen LogP contribution in [0.1, 0.15) is 13.8 Å².